The second-order valence-corrected chi connectivity index (χ2v) is 7.88. The van der Waals surface area contributed by atoms with Crippen molar-refractivity contribution in [1.29, 1.82) is 0 Å². The van der Waals surface area contributed by atoms with Gasteiger partial charge in [0.05, 0.1) is 19.1 Å². The molecule has 1 N–H and O–H groups in total. The maximum absolute atomic E-state index is 12.5. The van der Waals surface area contributed by atoms with Crippen LogP contribution in [0.15, 0.2) is 11.6 Å². The van der Waals surface area contributed by atoms with Crippen molar-refractivity contribution in [2.24, 2.45) is 5.41 Å². The van der Waals surface area contributed by atoms with Crippen LogP contribution in [0.4, 0.5) is 0 Å². The van der Waals surface area contributed by atoms with Crippen molar-refractivity contribution in [1.82, 2.24) is 9.80 Å². The molecule has 0 aromatic rings. The van der Waals surface area contributed by atoms with Crippen LogP contribution in [0.25, 0.3) is 0 Å². The smallest absolute Gasteiger partial charge is 0.224 e. The zero-order chi connectivity index (χ0) is 18.3. The van der Waals surface area contributed by atoms with E-state index in [1.807, 2.05) is 11.8 Å². The Balaban J connectivity index is 1.94. The molecule has 2 atom stereocenters. The number of ether oxygens (including phenoxy) is 1. The third kappa shape index (κ3) is 5.80. The molecule has 2 saturated heterocycles. The van der Waals surface area contributed by atoms with Crippen molar-refractivity contribution in [3.63, 3.8) is 0 Å². The van der Waals surface area contributed by atoms with Gasteiger partial charge in [-0.3, -0.25) is 4.79 Å². The Morgan fingerprint density at radius 3 is 2.84 bits per heavy atom. The van der Waals surface area contributed by atoms with E-state index in [0.29, 0.717) is 26.2 Å². The summed E-state index contributed by atoms with van der Waals surface area (Å²) in [4.78, 5) is 16.9. The molecule has 0 aromatic carbocycles. The molecule has 0 bridgehead atoms. The predicted octanol–water partition coefficient (Wildman–Crippen LogP) is 2.44. The summed E-state index contributed by atoms with van der Waals surface area (Å²) < 4.78 is 5.32. The lowest BCUT2D eigenvalue weighted by Crippen LogP contribution is -2.59. The number of likely N-dealkylation sites (tertiary alicyclic amines) is 2. The number of amides is 1. The van der Waals surface area contributed by atoms with Gasteiger partial charge in [-0.15, -0.1) is 0 Å². The molecule has 2 fully saturated rings. The zero-order valence-electron chi connectivity index (χ0n) is 16.3. The number of nitrogens with zero attached hydrogens (tertiary/aromatic N) is 2. The number of hydrogen-bond donors (Lipinski definition) is 1. The van der Waals surface area contributed by atoms with Crippen LogP contribution in [0, 0.1) is 5.41 Å². The number of rotatable bonds is 7. The van der Waals surface area contributed by atoms with Gasteiger partial charge in [0, 0.05) is 44.7 Å². The first-order valence-electron chi connectivity index (χ1n) is 9.86. The highest BCUT2D eigenvalue weighted by atomic mass is 16.5. The van der Waals surface area contributed by atoms with E-state index < -0.39 is 0 Å². The van der Waals surface area contributed by atoms with E-state index in [2.05, 4.69) is 24.8 Å². The minimum absolute atomic E-state index is 0.150. The minimum atomic E-state index is -0.297. The number of piperidine rings is 2. The molecular weight excluding hydrogens is 316 g/mol. The van der Waals surface area contributed by atoms with E-state index in [1.165, 1.54) is 5.57 Å². The molecule has 1 amide bonds. The van der Waals surface area contributed by atoms with Crippen LogP contribution in [0.3, 0.4) is 0 Å². The molecule has 0 unspecified atom stereocenters. The van der Waals surface area contributed by atoms with E-state index in [4.69, 9.17) is 4.74 Å². The van der Waals surface area contributed by atoms with Crippen molar-refractivity contribution in [2.75, 3.05) is 45.9 Å². The van der Waals surface area contributed by atoms with Gasteiger partial charge in [0.25, 0.3) is 0 Å². The van der Waals surface area contributed by atoms with Crippen molar-refractivity contribution < 1.29 is 14.6 Å². The van der Waals surface area contributed by atoms with Crippen LogP contribution in [-0.2, 0) is 9.53 Å². The Labute approximate surface area is 153 Å². The molecule has 5 nitrogen and oxygen atoms in total. The molecule has 0 aliphatic carbocycles. The topological polar surface area (TPSA) is 53.0 Å². The first kappa shape index (κ1) is 20.4. The molecule has 2 aliphatic rings. The van der Waals surface area contributed by atoms with Gasteiger partial charge in [-0.25, -0.2) is 0 Å². The normalized spacial score (nSPS) is 27.5. The Hall–Kier alpha value is -0.910. The van der Waals surface area contributed by atoms with Crippen LogP contribution in [0.2, 0.25) is 0 Å². The van der Waals surface area contributed by atoms with Crippen molar-refractivity contribution >= 4 is 5.91 Å². The van der Waals surface area contributed by atoms with E-state index in [-0.39, 0.29) is 17.4 Å². The van der Waals surface area contributed by atoms with E-state index in [9.17, 15) is 9.90 Å². The predicted molar refractivity (Wildman–Crippen MR) is 100 cm³/mol. The monoisotopic (exact) mass is 352 g/mol. The summed E-state index contributed by atoms with van der Waals surface area (Å²) in [6, 6.07) is 0. The molecule has 1 spiro atoms. The molecule has 0 saturated carbocycles. The van der Waals surface area contributed by atoms with Crippen LogP contribution in [0.1, 0.15) is 52.9 Å². The van der Waals surface area contributed by atoms with E-state index >= 15 is 0 Å². The molecule has 0 radical (unpaired) electrons. The number of aliphatic hydroxyl groups is 1. The highest BCUT2D eigenvalue weighted by Gasteiger charge is 2.45. The van der Waals surface area contributed by atoms with E-state index in [0.717, 1.165) is 51.9 Å². The third-order valence-electron chi connectivity index (χ3n) is 5.59. The number of aliphatic hydroxyl groups excluding tert-OH is 1. The van der Waals surface area contributed by atoms with E-state index in [1.54, 1.807) is 0 Å². The summed E-state index contributed by atoms with van der Waals surface area (Å²) in [6.07, 6.45) is 6.31. The quantitative estimate of drug-likeness (QED) is 0.565. The Kier molecular flexibility index (Phi) is 7.91. The van der Waals surface area contributed by atoms with Crippen molar-refractivity contribution in [3.8, 4) is 0 Å². The molecule has 0 aromatic heterocycles. The van der Waals surface area contributed by atoms with Gasteiger partial charge in [0.2, 0.25) is 5.91 Å². The van der Waals surface area contributed by atoms with Crippen LogP contribution >= 0.6 is 0 Å². The second-order valence-electron chi connectivity index (χ2n) is 7.88. The zero-order valence-corrected chi connectivity index (χ0v) is 16.3. The lowest BCUT2D eigenvalue weighted by atomic mass is 9.71. The standard InChI is InChI=1S/C20H36N2O3/c1-4-25-14-9-19(24)22-12-6-10-20(16-22)15-21(13-8-18(20)23)11-5-7-17(2)3/h7,18,23H,4-6,8-16H2,1-3H3/t18-,20-/m1/s1. The fourth-order valence-corrected chi connectivity index (χ4v) is 4.20. The van der Waals surface area contributed by atoms with Gasteiger partial charge >= 0.3 is 0 Å². The van der Waals surface area contributed by atoms with Crippen molar-refractivity contribution in [2.45, 2.75) is 59.0 Å². The fraction of sp³-hybridized carbons (Fsp3) is 0.850. The third-order valence-corrected chi connectivity index (χ3v) is 5.59. The largest absolute Gasteiger partial charge is 0.392 e. The summed E-state index contributed by atoms with van der Waals surface area (Å²) in [7, 11) is 0. The lowest BCUT2D eigenvalue weighted by Gasteiger charge is -2.51. The van der Waals surface area contributed by atoms with Crippen LogP contribution in [0.5, 0.6) is 0 Å². The second kappa shape index (κ2) is 9.70. The average Bonchev–Trinajstić information content (AvgIpc) is 2.58. The maximum atomic E-state index is 12.5. The molecular formula is C20H36N2O3. The molecule has 2 rings (SSSR count). The first-order valence-corrected chi connectivity index (χ1v) is 9.86. The van der Waals surface area contributed by atoms with Crippen LogP contribution < -0.4 is 0 Å². The number of carbonyl (C=O) groups excluding carboxylic acids is 1. The lowest BCUT2D eigenvalue weighted by molar-refractivity contribution is -0.142. The van der Waals surface area contributed by atoms with Gasteiger partial charge in [-0.2, -0.15) is 0 Å². The highest BCUT2D eigenvalue weighted by molar-refractivity contribution is 5.76. The average molecular weight is 353 g/mol. The molecule has 2 heterocycles. The first-order chi connectivity index (χ1) is 12.0. The molecule has 2 aliphatic heterocycles. The molecule has 5 heteroatoms. The maximum Gasteiger partial charge on any atom is 0.224 e. The van der Waals surface area contributed by atoms with Gasteiger partial charge in [-0.05, 0) is 46.5 Å². The number of hydrogen-bond acceptors (Lipinski definition) is 4. The minimum Gasteiger partial charge on any atom is -0.392 e. The molecule has 25 heavy (non-hydrogen) atoms. The summed E-state index contributed by atoms with van der Waals surface area (Å²) in [6.45, 7) is 11.8. The van der Waals surface area contributed by atoms with Gasteiger partial charge in [0.1, 0.15) is 0 Å². The summed E-state index contributed by atoms with van der Waals surface area (Å²) in [5, 5.41) is 10.7. The van der Waals surface area contributed by atoms with Gasteiger partial charge in [-0.1, -0.05) is 11.6 Å². The van der Waals surface area contributed by atoms with Gasteiger partial charge < -0.3 is 19.6 Å². The van der Waals surface area contributed by atoms with Crippen molar-refractivity contribution in [3.05, 3.63) is 11.6 Å². The number of allylic oxidation sites excluding steroid dienone is 1. The Morgan fingerprint density at radius 2 is 2.12 bits per heavy atom. The van der Waals surface area contributed by atoms with Crippen LogP contribution in [-0.4, -0.2) is 72.9 Å². The molecule has 144 valence electrons. The van der Waals surface area contributed by atoms with Gasteiger partial charge in [0.15, 0.2) is 0 Å². The summed E-state index contributed by atoms with van der Waals surface area (Å²) in [5.74, 6) is 0.168. The highest BCUT2D eigenvalue weighted by Crippen LogP contribution is 2.39. The Bertz CT molecular complexity index is 462. The fourth-order valence-electron chi connectivity index (χ4n) is 4.20. The summed E-state index contributed by atoms with van der Waals surface area (Å²) >= 11 is 0. The number of carbonyl (C=O) groups is 1. The summed E-state index contributed by atoms with van der Waals surface area (Å²) in [5.41, 5.74) is 1.21. The Morgan fingerprint density at radius 1 is 1.32 bits per heavy atom. The SMILES string of the molecule is CCOCCC(=O)N1CCC[C@@]2(CN(CCC=C(C)C)CC[C@H]2O)C1.